The molecule has 0 atom stereocenters. The SMILES string of the molecule is C=C.C=C.C=CCOC(=C)/N=C(\N=C(/C)OCC=C)OCC=C. The van der Waals surface area contributed by atoms with Gasteiger partial charge in [-0.05, 0) is 6.58 Å². The minimum atomic E-state index is 0.0931. The maximum Gasteiger partial charge on any atom is 0.323 e. The second-order valence-corrected chi connectivity index (χ2v) is 3.22. The van der Waals surface area contributed by atoms with Crippen LogP contribution in [-0.2, 0) is 14.2 Å². The molecule has 0 spiro atoms. The molecule has 0 amide bonds. The van der Waals surface area contributed by atoms with Gasteiger partial charge >= 0.3 is 6.02 Å². The third kappa shape index (κ3) is 19.2. The van der Waals surface area contributed by atoms with Crippen molar-refractivity contribution in [2.45, 2.75) is 6.92 Å². The molecule has 0 aromatic carbocycles. The molecular formula is C18H28N2O3. The van der Waals surface area contributed by atoms with Gasteiger partial charge in [0.2, 0.25) is 5.88 Å². The van der Waals surface area contributed by atoms with Crippen LogP contribution in [0.5, 0.6) is 0 Å². The lowest BCUT2D eigenvalue weighted by Crippen LogP contribution is -2.09. The fourth-order valence-corrected chi connectivity index (χ4v) is 0.864. The third-order valence-electron chi connectivity index (χ3n) is 1.58. The molecule has 0 saturated heterocycles. The summed E-state index contributed by atoms with van der Waals surface area (Å²) >= 11 is 0. The summed E-state index contributed by atoms with van der Waals surface area (Å²) in [4.78, 5) is 8.05. The average molecular weight is 320 g/mol. The minimum Gasteiger partial charge on any atom is -0.477 e. The first kappa shape index (κ1) is 25.2. The lowest BCUT2D eigenvalue weighted by molar-refractivity contribution is 0.243. The molecule has 5 heteroatoms. The summed E-state index contributed by atoms with van der Waals surface area (Å²) < 4.78 is 15.6. The lowest BCUT2D eigenvalue weighted by atomic mass is 10.6. The monoisotopic (exact) mass is 320 g/mol. The van der Waals surface area contributed by atoms with Crippen LogP contribution in [0.3, 0.4) is 0 Å². The molecule has 0 rings (SSSR count). The second-order valence-electron chi connectivity index (χ2n) is 3.22. The van der Waals surface area contributed by atoms with E-state index in [2.05, 4.69) is 62.6 Å². The number of aliphatic imine (C=N–C) groups is 2. The second kappa shape index (κ2) is 21.5. The van der Waals surface area contributed by atoms with Gasteiger partial charge in [-0.15, -0.1) is 26.3 Å². The Labute approximate surface area is 140 Å². The molecule has 128 valence electrons. The number of nitrogens with zero attached hydrogens (tertiary/aromatic N) is 2. The number of hydrogen-bond donors (Lipinski definition) is 0. The lowest BCUT2D eigenvalue weighted by Gasteiger charge is -2.06. The molecule has 0 heterocycles. The summed E-state index contributed by atoms with van der Waals surface area (Å²) in [5.41, 5.74) is 0. The molecule has 0 aromatic rings. The quantitative estimate of drug-likeness (QED) is 0.287. The van der Waals surface area contributed by atoms with Crippen LogP contribution in [-0.4, -0.2) is 31.7 Å². The zero-order valence-electron chi connectivity index (χ0n) is 14.1. The molecule has 0 N–H and O–H groups in total. The van der Waals surface area contributed by atoms with Gasteiger partial charge in [-0.2, -0.15) is 9.98 Å². The largest absolute Gasteiger partial charge is 0.477 e. The van der Waals surface area contributed by atoms with E-state index in [1.165, 1.54) is 0 Å². The molecule has 0 aromatic heterocycles. The van der Waals surface area contributed by atoms with Gasteiger partial charge in [-0.25, -0.2) is 0 Å². The van der Waals surface area contributed by atoms with Crippen LogP contribution in [0.1, 0.15) is 6.92 Å². The summed E-state index contributed by atoms with van der Waals surface area (Å²) in [7, 11) is 0. The van der Waals surface area contributed by atoms with Crippen LogP contribution in [0.15, 0.2) is 86.7 Å². The summed E-state index contributed by atoms with van der Waals surface area (Å²) in [5, 5.41) is 0. The van der Waals surface area contributed by atoms with E-state index in [0.717, 1.165) is 0 Å². The fourth-order valence-electron chi connectivity index (χ4n) is 0.864. The third-order valence-corrected chi connectivity index (χ3v) is 1.58. The van der Waals surface area contributed by atoms with Crippen LogP contribution >= 0.6 is 0 Å². The van der Waals surface area contributed by atoms with Crippen molar-refractivity contribution in [3.05, 3.63) is 76.7 Å². The molecule has 0 aliphatic carbocycles. The number of amidine groups is 1. The molecular weight excluding hydrogens is 292 g/mol. The summed E-state index contributed by atoms with van der Waals surface area (Å²) in [6.07, 6.45) is 4.79. The van der Waals surface area contributed by atoms with Crippen molar-refractivity contribution < 1.29 is 14.2 Å². The van der Waals surface area contributed by atoms with Crippen LogP contribution in [0.25, 0.3) is 0 Å². The Hall–Kier alpha value is -2.82. The van der Waals surface area contributed by atoms with Crippen molar-refractivity contribution in [2.75, 3.05) is 19.8 Å². The Bertz CT molecular complexity index is 410. The highest BCUT2D eigenvalue weighted by atomic mass is 16.5. The maximum atomic E-state index is 5.26. The Balaban J connectivity index is -0.000000919. The van der Waals surface area contributed by atoms with Crippen molar-refractivity contribution in [2.24, 2.45) is 9.98 Å². The molecule has 0 aliphatic rings. The summed E-state index contributed by atoms with van der Waals surface area (Å²) in [6, 6.07) is 0.0931. The number of ether oxygens (including phenoxy) is 3. The fraction of sp³-hybridized carbons (Fsp3) is 0.222. The number of rotatable bonds is 8. The smallest absolute Gasteiger partial charge is 0.323 e. The van der Waals surface area contributed by atoms with Gasteiger partial charge in [0.25, 0.3) is 0 Å². The molecule has 5 nitrogen and oxygen atoms in total. The Morgan fingerprint density at radius 3 is 1.70 bits per heavy atom. The van der Waals surface area contributed by atoms with Crippen LogP contribution in [0.4, 0.5) is 0 Å². The summed E-state index contributed by atoms with van der Waals surface area (Å²) in [5.74, 6) is 0.582. The van der Waals surface area contributed by atoms with E-state index in [1.807, 2.05) is 0 Å². The Kier molecular flexibility index (Phi) is 23.5. The molecule has 0 radical (unpaired) electrons. The highest BCUT2D eigenvalue weighted by molar-refractivity contribution is 5.89. The highest BCUT2D eigenvalue weighted by Crippen LogP contribution is 2.00. The normalized spacial score (nSPS) is 9.78. The van der Waals surface area contributed by atoms with Gasteiger partial charge < -0.3 is 14.2 Å². The first-order chi connectivity index (χ1) is 11.1. The van der Waals surface area contributed by atoms with Crippen LogP contribution < -0.4 is 0 Å². The van der Waals surface area contributed by atoms with Gasteiger partial charge in [-0.3, -0.25) is 0 Å². The van der Waals surface area contributed by atoms with Gasteiger partial charge in [0.05, 0.1) is 0 Å². The molecule has 0 bridgehead atoms. The van der Waals surface area contributed by atoms with Crippen molar-refractivity contribution >= 4 is 11.9 Å². The Morgan fingerprint density at radius 1 is 0.783 bits per heavy atom. The van der Waals surface area contributed by atoms with E-state index in [-0.39, 0.29) is 18.5 Å². The topological polar surface area (TPSA) is 52.4 Å². The standard InChI is InChI=1S/C14H20N2O3.2C2H4/c1-6-9-17-12(4)15-14(19-11-8-3)16-13(5)18-10-7-2;2*1-2/h6-8H,1-4,9-11H2,5H3;2*1-2H2/b15-14+,16-13+;;. The van der Waals surface area contributed by atoms with E-state index >= 15 is 0 Å². The van der Waals surface area contributed by atoms with Crippen molar-refractivity contribution in [3.63, 3.8) is 0 Å². The van der Waals surface area contributed by atoms with Gasteiger partial charge in [0.1, 0.15) is 19.8 Å². The van der Waals surface area contributed by atoms with E-state index in [1.54, 1.807) is 25.2 Å². The number of hydrogen-bond acceptors (Lipinski definition) is 4. The van der Waals surface area contributed by atoms with Crippen molar-refractivity contribution in [3.8, 4) is 0 Å². The Morgan fingerprint density at radius 2 is 1.22 bits per heavy atom. The zero-order valence-corrected chi connectivity index (χ0v) is 14.1. The molecule has 0 aliphatic heterocycles. The van der Waals surface area contributed by atoms with Gasteiger partial charge in [0.15, 0.2) is 5.90 Å². The average Bonchev–Trinajstić information content (AvgIpc) is 2.59. The molecule has 0 unspecified atom stereocenters. The van der Waals surface area contributed by atoms with E-state index in [9.17, 15) is 0 Å². The van der Waals surface area contributed by atoms with E-state index in [0.29, 0.717) is 19.1 Å². The minimum absolute atomic E-state index is 0.0931. The molecule has 0 fully saturated rings. The first-order valence-electron chi connectivity index (χ1n) is 6.68. The van der Waals surface area contributed by atoms with Crippen LogP contribution in [0.2, 0.25) is 0 Å². The zero-order chi connectivity index (χ0) is 18.5. The van der Waals surface area contributed by atoms with E-state index in [4.69, 9.17) is 14.2 Å². The highest BCUT2D eigenvalue weighted by Gasteiger charge is 2.02. The van der Waals surface area contributed by atoms with Crippen molar-refractivity contribution in [1.29, 1.82) is 0 Å². The van der Waals surface area contributed by atoms with Gasteiger partial charge in [0, 0.05) is 6.92 Å². The molecule has 0 saturated carbocycles. The first-order valence-corrected chi connectivity index (χ1v) is 6.68. The summed E-state index contributed by atoms with van der Waals surface area (Å²) in [6.45, 7) is 28.9. The maximum absolute atomic E-state index is 5.26. The van der Waals surface area contributed by atoms with Crippen molar-refractivity contribution in [1.82, 2.24) is 0 Å². The molecule has 23 heavy (non-hydrogen) atoms. The predicted molar refractivity (Wildman–Crippen MR) is 101 cm³/mol. The van der Waals surface area contributed by atoms with Gasteiger partial charge in [-0.1, -0.05) is 38.0 Å². The predicted octanol–water partition coefficient (Wildman–Crippen LogP) is 4.44. The van der Waals surface area contributed by atoms with Crippen LogP contribution in [0, 0.1) is 0 Å². The van der Waals surface area contributed by atoms with E-state index < -0.39 is 0 Å².